The van der Waals surface area contributed by atoms with Crippen LogP contribution >= 0.6 is 11.3 Å². The molecule has 5 nitrogen and oxygen atoms in total. The van der Waals surface area contributed by atoms with Gasteiger partial charge in [-0.15, -0.1) is 0 Å². The van der Waals surface area contributed by atoms with Crippen molar-refractivity contribution in [1.82, 2.24) is 5.32 Å². The van der Waals surface area contributed by atoms with Gasteiger partial charge in [0.15, 0.2) is 6.61 Å². The molecule has 0 saturated carbocycles. The Labute approximate surface area is 174 Å². The number of anilines is 1. The molecule has 0 saturated heterocycles. The lowest BCUT2D eigenvalue weighted by Gasteiger charge is -2.12. The van der Waals surface area contributed by atoms with Crippen molar-refractivity contribution in [2.24, 2.45) is 0 Å². The number of rotatable bonds is 7. The number of hydrogen-bond acceptors (Lipinski definition) is 4. The van der Waals surface area contributed by atoms with Crippen LogP contribution < -0.4 is 15.4 Å². The molecule has 3 aromatic rings. The minimum atomic E-state index is -4.40. The lowest BCUT2D eigenvalue weighted by Crippen LogP contribution is -2.24. The molecule has 0 atom stereocenters. The van der Waals surface area contributed by atoms with Crippen molar-refractivity contribution < 1.29 is 27.5 Å². The minimum Gasteiger partial charge on any atom is -0.484 e. The number of nitrogens with one attached hydrogen (secondary N) is 2. The van der Waals surface area contributed by atoms with Crippen LogP contribution in [0.2, 0.25) is 0 Å². The van der Waals surface area contributed by atoms with E-state index in [1.54, 1.807) is 53.2 Å². The van der Waals surface area contributed by atoms with Crippen molar-refractivity contribution in [1.29, 1.82) is 0 Å². The maximum absolute atomic E-state index is 12.6. The molecule has 0 aliphatic heterocycles. The standard InChI is InChI=1S/C21H17F3N2O3S/c22-21(23,24)13-29-16-7-5-14(6-8-16)11-25-20(28)17-3-1-2-4-18(17)26-19(27)15-9-10-30-12-15/h1-10,12H,11,13H2,(H,25,28)(H,26,27). The van der Waals surface area contributed by atoms with Gasteiger partial charge in [-0.1, -0.05) is 24.3 Å². The van der Waals surface area contributed by atoms with E-state index in [2.05, 4.69) is 15.4 Å². The average Bonchev–Trinajstić information content (AvgIpc) is 3.26. The molecule has 0 aliphatic rings. The number of halogens is 3. The fourth-order valence-electron chi connectivity index (χ4n) is 2.52. The van der Waals surface area contributed by atoms with Crippen molar-refractivity contribution in [3.8, 4) is 5.75 Å². The number of carbonyl (C=O) groups excluding carboxylic acids is 2. The Hall–Kier alpha value is -3.33. The smallest absolute Gasteiger partial charge is 0.422 e. The number of alkyl halides is 3. The van der Waals surface area contributed by atoms with Crippen LogP contribution in [0.25, 0.3) is 0 Å². The van der Waals surface area contributed by atoms with E-state index in [1.165, 1.54) is 23.5 Å². The quantitative estimate of drug-likeness (QED) is 0.558. The van der Waals surface area contributed by atoms with Gasteiger partial charge in [-0.25, -0.2) is 0 Å². The molecule has 0 radical (unpaired) electrons. The number of para-hydroxylation sites is 1. The number of ether oxygens (including phenoxy) is 1. The second-order valence-corrected chi connectivity index (χ2v) is 7.02. The Morgan fingerprint density at radius 3 is 2.37 bits per heavy atom. The van der Waals surface area contributed by atoms with Crippen molar-refractivity contribution >= 4 is 28.8 Å². The SMILES string of the molecule is O=C(Nc1ccccc1C(=O)NCc1ccc(OCC(F)(F)F)cc1)c1ccsc1. The van der Waals surface area contributed by atoms with Gasteiger partial charge in [-0.2, -0.15) is 24.5 Å². The summed E-state index contributed by atoms with van der Waals surface area (Å²) in [7, 11) is 0. The summed E-state index contributed by atoms with van der Waals surface area (Å²) in [5, 5.41) is 8.95. The number of hydrogen-bond donors (Lipinski definition) is 2. The van der Waals surface area contributed by atoms with E-state index in [-0.39, 0.29) is 18.2 Å². The van der Waals surface area contributed by atoms with E-state index < -0.39 is 18.7 Å². The maximum Gasteiger partial charge on any atom is 0.422 e. The largest absolute Gasteiger partial charge is 0.484 e. The van der Waals surface area contributed by atoms with Crippen LogP contribution in [0, 0.1) is 0 Å². The molecule has 9 heteroatoms. The molecule has 0 fully saturated rings. The van der Waals surface area contributed by atoms with Crippen LogP contribution in [0.3, 0.4) is 0 Å². The predicted molar refractivity (Wildman–Crippen MR) is 108 cm³/mol. The highest BCUT2D eigenvalue weighted by molar-refractivity contribution is 7.08. The van der Waals surface area contributed by atoms with Crippen LogP contribution in [0.4, 0.5) is 18.9 Å². The van der Waals surface area contributed by atoms with E-state index in [4.69, 9.17) is 0 Å². The van der Waals surface area contributed by atoms with Gasteiger partial charge < -0.3 is 15.4 Å². The van der Waals surface area contributed by atoms with E-state index in [1.807, 2.05) is 0 Å². The monoisotopic (exact) mass is 434 g/mol. The highest BCUT2D eigenvalue weighted by Gasteiger charge is 2.28. The number of carbonyl (C=O) groups is 2. The zero-order valence-electron chi connectivity index (χ0n) is 15.5. The molecular weight excluding hydrogens is 417 g/mol. The van der Waals surface area contributed by atoms with E-state index in [0.29, 0.717) is 22.4 Å². The summed E-state index contributed by atoms with van der Waals surface area (Å²) in [4.78, 5) is 24.8. The molecule has 2 aromatic carbocycles. The van der Waals surface area contributed by atoms with E-state index >= 15 is 0 Å². The molecule has 0 unspecified atom stereocenters. The summed E-state index contributed by atoms with van der Waals surface area (Å²) in [6.45, 7) is -1.21. The molecule has 2 N–H and O–H groups in total. The first-order valence-electron chi connectivity index (χ1n) is 8.81. The first-order valence-corrected chi connectivity index (χ1v) is 9.75. The van der Waals surface area contributed by atoms with Crippen LogP contribution in [0.15, 0.2) is 65.4 Å². The summed E-state index contributed by atoms with van der Waals surface area (Å²) in [6, 6.07) is 14.2. The predicted octanol–water partition coefficient (Wildman–Crippen LogP) is 4.87. The summed E-state index contributed by atoms with van der Waals surface area (Å²) < 4.78 is 41.2. The third-order valence-corrected chi connectivity index (χ3v) is 4.67. The van der Waals surface area contributed by atoms with Gasteiger partial charge in [0.25, 0.3) is 11.8 Å². The Morgan fingerprint density at radius 2 is 1.70 bits per heavy atom. The van der Waals surface area contributed by atoms with Crippen molar-refractivity contribution in [2.45, 2.75) is 12.7 Å². The van der Waals surface area contributed by atoms with Crippen LogP contribution in [-0.4, -0.2) is 24.6 Å². The molecule has 156 valence electrons. The zero-order chi connectivity index (χ0) is 21.6. The second kappa shape index (κ2) is 9.45. The molecule has 0 bridgehead atoms. The lowest BCUT2D eigenvalue weighted by molar-refractivity contribution is -0.153. The molecule has 0 spiro atoms. The maximum atomic E-state index is 12.6. The van der Waals surface area contributed by atoms with Gasteiger partial charge >= 0.3 is 6.18 Å². The summed E-state index contributed by atoms with van der Waals surface area (Å²) >= 11 is 1.40. The zero-order valence-corrected chi connectivity index (χ0v) is 16.3. The highest BCUT2D eigenvalue weighted by Crippen LogP contribution is 2.20. The van der Waals surface area contributed by atoms with Crippen LogP contribution in [-0.2, 0) is 6.54 Å². The highest BCUT2D eigenvalue weighted by atomic mass is 32.1. The lowest BCUT2D eigenvalue weighted by atomic mass is 10.1. The molecule has 0 aliphatic carbocycles. The minimum absolute atomic E-state index is 0.0869. The first kappa shape index (κ1) is 21.4. The molecule has 1 aromatic heterocycles. The van der Waals surface area contributed by atoms with Gasteiger partial charge in [-0.05, 0) is 41.3 Å². The average molecular weight is 434 g/mol. The van der Waals surface area contributed by atoms with E-state index in [9.17, 15) is 22.8 Å². The Morgan fingerprint density at radius 1 is 0.967 bits per heavy atom. The second-order valence-electron chi connectivity index (χ2n) is 6.24. The van der Waals surface area contributed by atoms with Crippen molar-refractivity contribution in [2.75, 3.05) is 11.9 Å². The van der Waals surface area contributed by atoms with Crippen molar-refractivity contribution in [3.63, 3.8) is 0 Å². The number of benzene rings is 2. The Balaban J connectivity index is 1.59. The third kappa shape index (κ3) is 6.08. The third-order valence-electron chi connectivity index (χ3n) is 3.98. The Bertz CT molecular complexity index is 1000. The summed E-state index contributed by atoms with van der Waals surface area (Å²) in [5.74, 6) is -0.622. The molecule has 1 heterocycles. The Kier molecular flexibility index (Phi) is 6.73. The molecule has 30 heavy (non-hydrogen) atoms. The van der Waals surface area contributed by atoms with Crippen LogP contribution in [0.1, 0.15) is 26.3 Å². The van der Waals surface area contributed by atoms with Gasteiger partial charge in [0, 0.05) is 11.9 Å². The fraction of sp³-hybridized carbons (Fsp3) is 0.143. The van der Waals surface area contributed by atoms with E-state index in [0.717, 1.165) is 0 Å². The normalized spacial score (nSPS) is 11.0. The molecule has 3 rings (SSSR count). The van der Waals surface area contributed by atoms with Gasteiger partial charge in [-0.3, -0.25) is 9.59 Å². The summed E-state index contributed by atoms with van der Waals surface area (Å²) in [6.07, 6.45) is -4.40. The number of thiophene rings is 1. The van der Waals surface area contributed by atoms with Crippen LogP contribution in [0.5, 0.6) is 5.75 Å². The topological polar surface area (TPSA) is 67.4 Å². The number of amides is 2. The van der Waals surface area contributed by atoms with Crippen molar-refractivity contribution in [3.05, 3.63) is 82.0 Å². The first-order chi connectivity index (χ1) is 14.3. The van der Waals surface area contributed by atoms with Gasteiger partial charge in [0.2, 0.25) is 0 Å². The molecule has 2 amide bonds. The molecular formula is C21H17F3N2O3S. The van der Waals surface area contributed by atoms with Gasteiger partial charge in [0.1, 0.15) is 5.75 Å². The summed E-state index contributed by atoms with van der Waals surface area (Å²) in [5.41, 5.74) is 1.86. The van der Waals surface area contributed by atoms with Gasteiger partial charge in [0.05, 0.1) is 16.8 Å². The fourth-order valence-corrected chi connectivity index (χ4v) is 3.16.